The highest BCUT2D eigenvalue weighted by molar-refractivity contribution is 14.1. The molecule has 0 aliphatic heterocycles. The molecule has 1 N–H and O–H groups in total. The van der Waals surface area contributed by atoms with Crippen LogP contribution in [-0.2, 0) is 0 Å². The van der Waals surface area contributed by atoms with Gasteiger partial charge >= 0.3 is 5.97 Å². The van der Waals surface area contributed by atoms with E-state index in [9.17, 15) is 4.79 Å². The third-order valence-electron chi connectivity index (χ3n) is 3.35. The van der Waals surface area contributed by atoms with Crippen molar-refractivity contribution in [2.24, 2.45) is 0 Å². The minimum absolute atomic E-state index is 0.269. The lowest BCUT2D eigenvalue weighted by molar-refractivity contribution is 0.0697. The number of benzene rings is 2. The van der Waals surface area contributed by atoms with Crippen LogP contribution in [0, 0.1) is 10.5 Å². The quantitative estimate of drug-likeness (QED) is 0.677. The Kier molecular flexibility index (Phi) is 3.93. The van der Waals surface area contributed by atoms with Crippen LogP contribution in [0.3, 0.4) is 0 Å². The number of aromatic carboxylic acids is 1. The Bertz CT molecular complexity index is 841. The zero-order valence-corrected chi connectivity index (χ0v) is 13.9. The van der Waals surface area contributed by atoms with Crippen LogP contribution >= 0.6 is 22.6 Å². The van der Waals surface area contributed by atoms with Crippen molar-refractivity contribution in [1.29, 1.82) is 0 Å². The van der Waals surface area contributed by atoms with Crippen LogP contribution in [0.15, 0.2) is 48.8 Å². The molecule has 0 fully saturated rings. The topological polar surface area (TPSA) is 68.0 Å². The number of hydrogen-bond donors (Lipinski definition) is 1. The Hall–Kier alpha value is -2.22. The molecular formula is C16H12IN3O2. The number of aryl methyl sites for hydroxylation is 1. The molecule has 1 aromatic heterocycles. The molecule has 3 rings (SSSR count). The number of carboxylic acids is 1. The van der Waals surface area contributed by atoms with Gasteiger partial charge in [0.25, 0.3) is 0 Å². The summed E-state index contributed by atoms with van der Waals surface area (Å²) in [7, 11) is 0. The zero-order chi connectivity index (χ0) is 15.7. The van der Waals surface area contributed by atoms with Crippen molar-refractivity contribution in [1.82, 2.24) is 14.8 Å². The first-order chi connectivity index (χ1) is 10.6. The summed E-state index contributed by atoms with van der Waals surface area (Å²) in [6.07, 6.45) is 1.63. The fraction of sp³-hybridized carbons (Fsp3) is 0.0625. The second-order valence-electron chi connectivity index (χ2n) is 4.84. The molecule has 0 aliphatic carbocycles. The van der Waals surface area contributed by atoms with Gasteiger partial charge in [0, 0.05) is 9.13 Å². The average Bonchev–Trinajstić information content (AvgIpc) is 2.97. The van der Waals surface area contributed by atoms with Crippen molar-refractivity contribution in [2.75, 3.05) is 0 Å². The van der Waals surface area contributed by atoms with Crippen molar-refractivity contribution in [3.05, 3.63) is 63.5 Å². The molecule has 0 spiro atoms. The van der Waals surface area contributed by atoms with E-state index >= 15 is 0 Å². The summed E-state index contributed by atoms with van der Waals surface area (Å²) in [4.78, 5) is 11.0. The summed E-state index contributed by atoms with van der Waals surface area (Å²) in [5.41, 5.74) is 2.94. The van der Waals surface area contributed by atoms with Gasteiger partial charge in [0.2, 0.25) is 0 Å². The van der Waals surface area contributed by atoms with E-state index in [-0.39, 0.29) is 5.56 Å². The molecular weight excluding hydrogens is 393 g/mol. The van der Waals surface area contributed by atoms with Crippen LogP contribution in [0.25, 0.3) is 17.1 Å². The summed E-state index contributed by atoms with van der Waals surface area (Å²) < 4.78 is 3.01. The lowest BCUT2D eigenvalue weighted by Crippen LogP contribution is -2.02. The molecule has 0 unspecified atom stereocenters. The van der Waals surface area contributed by atoms with E-state index in [4.69, 9.17) is 5.11 Å². The molecule has 0 bridgehead atoms. The van der Waals surface area contributed by atoms with Crippen molar-refractivity contribution in [2.45, 2.75) is 6.92 Å². The number of carbonyl (C=O) groups is 1. The number of halogens is 1. The number of rotatable bonds is 3. The van der Waals surface area contributed by atoms with Gasteiger partial charge < -0.3 is 5.11 Å². The summed E-state index contributed by atoms with van der Waals surface area (Å²) in [5.74, 6) is -0.209. The first kappa shape index (κ1) is 14.7. The van der Waals surface area contributed by atoms with Crippen molar-refractivity contribution in [3.63, 3.8) is 0 Å². The van der Waals surface area contributed by atoms with E-state index in [1.807, 2.05) is 35.8 Å². The second kappa shape index (κ2) is 5.88. The maximum atomic E-state index is 11.0. The molecule has 0 saturated carbocycles. The summed E-state index contributed by atoms with van der Waals surface area (Å²) in [6, 6.07) is 13.0. The first-order valence-corrected chi connectivity index (χ1v) is 7.64. The highest BCUT2D eigenvalue weighted by atomic mass is 127. The average molecular weight is 405 g/mol. The monoisotopic (exact) mass is 405 g/mol. The predicted molar refractivity (Wildman–Crippen MR) is 91.2 cm³/mol. The fourth-order valence-electron chi connectivity index (χ4n) is 2.27. The van der Waals surface area contributed by atoms with Gasteiger partial charge in [0.05, 0.1) is 11.3 Å². The fourth-order valence-corrected chi connectivity index (χ4v) is 2.63. The van der Waals surface area contributed by atoms with E-state index in [0.29, 0.717) is 0 Å². The third kappa shape index (κ3) is 2.74. The Morgan fingerprint density at radius 2 is 1.91 bits per heavy atom. The van der Waals surface area contributed by atoms with Crippen LogP contribution in [0.2, 0.25) is 0 Å². The molecule has 22 heavy (non-hydrogen) atoms. The van der Waals surface area contributed by atoms with Crippen molar-refractivity contribution >= 4 is 28.6 Å². The van der Waals surface area contributed by atoms with Gasteiger partial charge in [-0.1, -0.05) is 12.1 Å². The van der Waals surface area contributed by atoms with Crippen LogP contribution < -0.4 is 0 Å². The minimum Gasteiger partial charge on any atom is -0.478 e. The lowest BCUT2D eigenvalue weighted by atomic mass is 10.1. The Labute approximate surface area is 140 Å². The molecule has 2 aromatic carbocycles. The van der Waals surface area contributed by atoms with Gasteiger partial charge in [-0.2, -0.15) is 0 Å². The van der Waals surface area contributed by atoms with E-state index in [1.165, 1.54) is 0 Å². The number of carboxylic acid groups (broad SMARTS) is 1. The molecule has 0 radical (unpaired) electrons. The molecule has 0 atom stereocenters. The SMILES string of the molecule is Cc1cc(C(=O)O)ccc1-n1cnnc1-c1ccc(I)cc1. The molecule has 0 aliphatic rings. The molecule has 0 amide bonds. The molecule has 3 aromatic rings. The maximum absolute atomic E-state index is 11.0. The molecule has 6 heteroatoms. The number of aromatic nitrogens is 3. The second-order valence-corrected chi connectivity index (χ2v) is 6.08. The van der Waals surface area contributed by atoms with Crippen molar-refractivity contribution < 1.29 is 9.90 Å². The standard InChI is InChI=1S/C16H12IN3O2/c1-10-8-12(16(21)22)4-7-14(10)20-9-18-19-15(20)11-2-5-13(17)6-3-11/h2-9H,1H3,(H,21,22). The maximum Gasteiger partial charge on any atom is 0.335 e. The Morgan fingerprint density at radius 3 is 2.55 bits per heavy atom. The van der Waals surface area contributed by atoms with E-state index in [0.717, 1.165) is 26.2 Å². The minimum atomic E-state index is -0.934. The van der Waals surface area contributed by atoms with Crippen LogP contribution in [-0.4, -0.2) is 25.8 Å². The van der Waals surface area contributed by atoms with Gasteiger partial charge in [-0.25, -0.2) is 4.79 Å². The van der Waals surface area contributed by atoms with Gasteiger partial charge in [-0.05, 0) is 65.4 Å². The highest BCUT2D eigenvalue weighted by Crippen LogP contribution is 2.24. The van der Waals surface area contributed by atoms with Gasteiger partial charge in [0.1, 0.15) is 6.33 Å². The Balaban J connectivity index is 2.09. The van der Waals surface area contributed by atoms with Crippen LogP contribution in [0.4, 0.5) is 0 Å². The zero-order valence-electron chi connectivity index (χ0n) is 11.7. The van der Waals surface area contributed by atoms with Gasteiger partial charge in [-0.15, -0.1) is 10.2 Å². The van der Waals surface area contributed by atoms with E-state index in [2.05, 4.69) is 32.8 Å². The third-order valence-corrected chi connectivity index (χ3v) is 4.07. The molecule has 0 saturated heterocycles. The molecule has 110 valence electrons. The largest absolute Gasteiger partial charge is 0.478 e. The molecule has 1 heterocycles. The van der Waals surface area contributed by atoms with Crippen LogP contribution in [0.1, 0.15) is 15.9 Å². The summed E-state index contributed by atoms with van der Waals surface area (Å²) >= 11 is 2.25. The van der Waals surface area contributed by atoms with Gasteiger partial charge in [-0.3, -0.25) is 4.57 Å². The van der Waals surface area contributed by atoms with E-state index < -0.39 is 5.97 Å². The summed E-state index contributed by atoms with van der Waals surface area (Å²) in [6.45, 7) is 1.87. The number of nitrogens with zero attached hydrogens (tertiary/aromatic N) is 3. The lowest BCUT2D eigenvalue weighted by Gasteiger charge is -2.10. The number of hydrogen-bond acceptors (Lipinski definition) is 3. The van der Waals surface area contributed by atoms with E-state index in [1.54, 1.807) is 24.5 Å². The van der Waals surface area contributed by atoms with Crippen LogP contribution in [0.5, 0.6) is 0 Å². The smallest absolute Gasteiger partial charge is 0.335 e. The normalized spacial score (nSPS) is 10.6. The molecule has 5 nitrogen and oxygen atoms in total. The highest BCUT2D eigenvalue weighted by Gasteiger charge is 2.12. The van der Waals surface area contributed by atoms with Gasteiger partial charge in [0.15, 0.2) is 5.82 Å². The predicted octanol–water partition coefficient (Wildman–Crippen LogP) is 3.55. The Morgan fingerprint density at radius 1 is 1.18 bits per heavy atom. The first-order valence-electron chi connectivity index (χ1n) is 6.56. The summed E-state index contributed by atoms with van der Waals surface area (Å²) in [5, 5.41) is 17.2. The van der Waals surface area contributed by atoms with Crippen molar-refractivity contribution in [3.8, 4) is 17.1 Å².